The summed E-state index contributed by atoms with van der Waals surface area (Å²) in [4.78, 5) is 24.9. The number of carbonyl (C=O) groups is 2. The van der Waals surface area contributed by atoms with Crippen LogP contribution >= 0.6 is 12.6 Å². The summed E-state index contributed by atoms with van der Waals surface area (Å²) < 4.78 is 11.4. The third-order valence-corrected chi connectivity index (χ3v) is 4.84. The molecule has 0 aliphatic carbocycles. The molecular formula is C22H22N2O6S. The fourth-order valence-corrected chi connectivity index (χ4v) is 3.09. The molecule has 0 fully saturated rings. The fourth-order valence-electron chi connectivity index (χ4n) is 2.94. The van der Waals surface area contributed by atoms with E-state index in [0.717, 1.165) is 16.5 Å². The molecule has 9 heteroatoms. The monoisotopic (exact) mass is 442 g/mol. The fraction of sp³-hybridized carbons (Fsp3) is 0.182. The van der Waals surface area contributed by atoms with Gasteiger partial charge in [0.2, 0.25) is 0 Å². The number of nitrogens with two attached hydrogens (primary N) is 1. The van der Waals surface area contributed by atoms with Gasteiger partial charge in [-0.2, -0.15) is 0 Å². The number of aromatic amines is 1. The minimum atomic E-state index is -1.09. The first-order valence-electron chi connectivity index (χ1n) is 9.41. The summed E-state index contributed by atoms with van der Waals surface area (Å²) in [6.07, 6.45) is 3.42. The molecule has 3 aromatic rings. The molecule has 0 radical (unpaired) electrons. The van der Waals surface area contributed by atoms with Gasteiger partial charge in [-0.25, -0.2) is 4.79 Å². The highest BCUT2D eigenvalue weighted by molar-refractivity contribution is 7.85. The summed E-state index contributed by atoms with van der Waals surface area (Å²) in [7, 11) is 0. The average Bonchev–Trinajstić information content (AvgIpc) is 3.14. The number of aliphatic carboxylic acids is 2. The van der Waals surface area contributed by atoms with Crippen molar-refractivity contribution in [3.63, 3.8) is 0 Å². The number of carboxylic acid groups (broad SMARTS) is 2. The topological polar surface area (TPSA) is 135 Å². The van der Waals surface area contributed by atoms with Crippen molar-refractivity contribution in [1.29, 1.82) is 0 Å². The number of rotatable bonds is 10. The van der Waals surface area contributed by atoms with Crippen LogP contribution in [0, 0.1) is 0 Å². The van der Waals surface area contributed by atoms with E-state index in [0.29, 0.717) is 30.3 Å². The van der Waals surface area contributed by atoms with E-state index in [2.05, 4.69) is 17.6 Å². The maximum absolute atomic E-state index is 11.0. The number of H-pyrrole nitrogens is 1. The highest BCUT2D eigenvalue weighted by Gasteiger charge is 2.15. The zero-order valence-electron chi connectivity index (χ0n) is 16.4. The summed E-state index contributed by atoms with van der Waals surface area (Å²) in [6, 6.07) is 11.5. The van der Waals surface area contributed by atoms with Crippen molar-refractivity contribution in [2.24, 2.45) is 5.73 Å². The van der Waals surface area contributed by atoms with Gasteiger partial charge in [0.25, 0.3) is 0 Å². The van der Waals surface area contributed by atoms with Gasteiger partial charge in [0, 0.05) is 23.5 Å². The molecule has 1 heterocycles. The number of hydrogen-bond acceptors (Lipinski definition) is 6. The number of benzene rings is 2. The van der Waals surface area contributed by atoms with Gasteiger partial charge in [-0.1, -0.05) is 12.1 Å². The van der Waals surface area contributed by atoms with Gasteiger partial charge in [-0.05, 0) is 47.5 Å². The Bertz CT molecular complexity index is 1110. The molecule has 0 aliphatic heterocycles. The van der Waals surface area contributed by atoms with Crippen molar-refractivity contribution in [3.8, 4) is 11.5 Å². The zero-order chi connectivity index (χ0) is 22.4. The maximum atomic E-state index is 11.0. The molecule has 162 valence electrons. The number of carboxylic acids is 2. The maximum Gasteiger partial charge on any atom is 0.341 e. The highest BCUT2D eigenvalue weighted by atomic mass is 32.1. The van der Waals surface area contributed by atoms with Crippen molar-refractivity contribution in [3.05, 3.63) is 64.7 Å². The third kappa shape index (κ3) is 6.03. The van der Waals surface area contributed by atoms with Gasteiger partial charge in [0.15, 0.2) is 0 Å². The van der Waals surface area contributed by atoms with E-state index >= 15 is 0 Å². The molecule has 1 atom stereocenters. The van der Waals surface area contributed by atoms with Crippen LogP contribution in [0.25, 0.3) is 17.0 Å². The first-order chi connectivity index (χ1) is 14.8. The largest absolute Gasteiger partial charge is 0.490 e. The molecule has 0 amide bonds. The van der Waals surface area contributed by atoms with Crippen molar-refractivity contribution in [2.75, 3.05) is 13.2 Å². The lowest BCUT2D eigenvalue weighted by molar-refractivity contribution is -0.138. The minimum Gasteiger partial charge on any atom is -0.490 e. The molecule has 0 saturated heterocycles. The molecular weight excluding hydrogens is 420 g/mol. The lowest BCUT2D eigenvalue weighted by Crippen LogP contribution is -2.32. The Balaban J connectivity index is 1.54. The van der Waals surface area contributed by atoms with Gasteiger partial charge in [0.1, 0.15) is 30.8 Å². The summed E-state index contributed by atoms with van der Waals surface area (Å²) in [5, 5.41) is 18.7. The van der Waals surface area contributed by atoms with Crippen LogP contribution in [0.1, 0.15) is 11.1 Å². The van der Waals surface area contributed by atoms with E-state index in [-0.39, 0.29) is 11.3 Å². The SMILES string of the molecule is N[C@@H](Cc1c[nH]c2ccc(OCCOc3ccc(C=C(S)C(=O)O)cc3)cc12)C(=O)O. The number of thiol groups is 1. The second-order valence-electron chi connectivity index (χ2n) is 6.77. The van der Waals surface area contributed by atoms with Crippen LogP contribution in [0.5, 0.6) is 11.5 Å². The second kappa shape index (κ2) is 10.1. The number of hydrogen-bond donors (Lipinski definition) is 5. The molecule has 3 rings (SSSR count). The van der Waals surface area contributed by atoms with E-state index in [4.69, 9.17) is 25.4 Å². The molecule has 0 aliphatic rings. The molecule has 0 spiro atoms. The molecule has 5 N–H and O–H groups in total. The van der Waals surface area contributed by atoms with Crippen molar-refractivity contribution >= 4 is 41.5 Å². The van der Waals surface area contributed by atoms with Crippen LogP contribution in [0.3, 0.4) is 0 Å². The molecule has 0 saturated carbocycles. The van der Waals surface area contributed by atoms with Crippen LogP contribution in [-0.4, -0.2) is 46.4 Å². The minimum absolute atomic E-state index is 0.0467. The number of fused-ring (bicyclic) bond motifs is 1. The van der Waals surface area contributed by atoms with Crippen LogP contribution in [0.15, 0.2) is 53.6 Å². The van der Waals surface area contributed by atoms with Crippen LogP contribution < -0.4 is 15.2 Å². The predicted molar refractivity (Wildman–Crippen MR) is 120 cm³/mol. The Kier molecular flexibility index (Phi) is 7.22. The van der Waals surface area contributed by atoms with Crippen molar-refractivity contribution in [1.82, 2.24) is 4.98 Å². The van der Waals surface area contributed by atoms with Crippen LogP contribution in [-0.2, 0) is 16.0 Å². The summed E-state index contributed by atoms with van der Waals surface area (Å²) in [5.41, 5.74) is 8.03. The molecule has 0 bridgehead atoms. The van der Waals surface area contributed by atoms with E-state index < -0.39 is 18.0 Å². The van der Waals surface area contributed by atoms with E-state index in [1.165, 1.54) is 6.08 Å². The summed E-state index contributed by atoms with van der Waals surface area (Å²) >= 11 is 3.89. The standard InChI is InChI=1S/C22H22N2O6S/c23-18(21(25)26)10-14-12-24-19-6-5-16(11-17(14)19)30-8-7-29-15-3-1-13(2-4-15)9-20(31)22(27)28/h1-6,9,11-12,18,24,31H,7-8,10,23H2,(H,25,26)(H,27,28)/t18-/m0/s1. The van der Waals surface area contributed by atoms with Gasteiger partial charge in [0.05, 0.1) is 4.91 Å². The molecule has 8 nitrogen and oxygen atoms in total. The van der Waals surface area contributed by atoms with Crippen molar-refractivity contribution < 1.29 is 29.3 Å². The third-order valence-electron chi connectivity index (χ3n) is 4.52. The Labute approximate surface area is 183 Å². The van der Waals surface area contributed by atoms with Gasteiger partial charge < -0.3 is 30.4 Å². The van der Waals surface area contributed by atoms with Gasteiger partial charge in [-0.3, -0.25) is 4.79 Å². The Hall–Kier alpha value is -3.43. The smallest absolute Gasteiger partial charge is 0.341 e. The summed E-state index contributed by atoms with van der Waals surface area (Å²) in [6.45, 7) is 0.616. The number of ether oxygens (including phenoxy) is 2. The Morgan fingerprint density at radius 3 is 2.35 bits per heavy atom. The number of nitrogens with one attached hydrogen (secondary N) is 1. The molecule has 1 aromatic heterocycles. The van der Waals surface area contributed by atoms with Crippen molar-refractivity contribution in [2.45, 2.75) is 12.5 Å². The second-order valence-corrected chi connectivity index (χ2v) is 7.25. The predicted octanol–water partition coefficient (Wildman–Crippen LogP) is 2.94. The van der Waals surface area contributed by atoms with Gasteiger partial charge >= 0.3 is 11.9 Å². The Morgan fingerprint density at radius 2 is 1.71 bits per heavy atom. The molecule has 2 aromatic carbocycles. The first kappa shape index (κ1) is 22.3. The normalized spacial score (nSPS) is 12.5. The van der Waals surface area contributed by atoms with Gasteiger partial charge in [-0.15, -0.1) is 12.6 Å². The van der Waals surface area contributed by atoms with E-state index in [9.17, 15) is 9.59 Å². The van der Waals surface area contributed by atoms with Crippen LogP contribution in [0.2, 0.25) is 0 Å². The zero-order valence-corrected chi connectivity index (χ0v) is 17.3. The Morgan fingerprint density at radius 1 is 1.06 bits per heavy atom. The van der Waals surface area contributed by atoms with E-state index in [1.807, 2.05) is 18.2 Å². The highest BCUT2D eigenvalue weighted by Crippen LogP contribution is 2.25. The quantitative estimate of drug-likeness (QED) is 0.185. The first-order valence-corrected chi connectivity index (χ1v) is 9.86. The lowest BCUT2D eigenvalue weighted by atomic mass is 10.1. The molecule has 31 heavy (non-hydrogen) atoms. The molecule has 0 unspecified atom stereocenters. The van der Waals surface area contributed by atoms with E-state index in [1.54, 1.807) is 30.5 Å². The lowest BCUT2D eigenvalue weighted by Gasteiger charge is -2.09. The average molecular weight is 442 g/mol. The number of aromatic nitrogens is 1. The van der Waals surface area contributed by atoms with Crippen LogP contribution in [0.4, 0.5) is 0 Å². The summed E-state index contributed by atoms with van der Waals surface area (Å²) in [5.74, 6) is -0.870.